The Balaban J connectivity index is 1.88. The van der Waals surface area contributed by atoms with Crippen LogP contribution in [0.2, 0.25) is 0 Å². The molecule has 192 valence electrons. The highest BCUT2D eigenvalue weighted by Crippen LogP contribution is 2.27. The first-order valence-electron chi connectivity index (χ1n) is 11.5. The molecule has 1 atom stereocenters. The first kappa shape index (κ1) is 25.9. The van der Waals surface area contributed by atoms with E-state index in [0.29, 0.717) is 27.7 Å². The summed E-state index contributed by atoms with van der Waals surface area (Å²) in [5.74, 6) is -0.391. The average molecular weight is 521 g/mol. The fourth-order valence-corrected chi connectivity index (χ4v) is 5.97. The minimum Gasteiger partial charge on any atom is -0.497 e. The highest BCUT2D eigenvalue weighted by atomic mass is 32.2. The van der Waals surface area contributed by atoms with Crippen LogP contribution in [0, 0.1) is 0 Å². The zero-order valence-electron chi connectivity index (χ0n) is 21.0. The molecular formula is C27H28N4O5S. The number of nitrogens with one attached hydrogen (secondary N) is 1. The molecule has 3 aromatic rings. The quantitative estimate of drug-likeness (QED) is 0.486. The van der Waals surface area contributed by atoms with Gasteiger partial charge in [0.1, 0.15) is 5.75 Å². The van der Waals surface area contributed by atoms with E-state index < -0.39 is 21.0 Å². The van der Waals surface area contributed by atoms with E-state index in [0.717, 1.165) is 5.57 Å². The molecule has 2 aromatic carbocycles. The molecule has 1 heterocycles. The fourth-order valence-electron chi connectivity index (χ4n) is 4.28. The molecule has 1 aliphatic carbocycles. The number of nitrogens with zero attached hydrogens (tertiary/aromatic N) is 2. The molecule has 4 rings (SSSR count). The summed E-state index contributed by atoms with van der Waals surface area (Å²) in [5, 5.41) is 3.32. The minimum absolute atomic E-state index is 0.0408. The number of hydrogen-bond acceptors (Lipinski definition) is 7. The summed E-state index contributed by atoms with van der Waals surface area (Å²) in [6.45, 7) is 1.81. The highest BCUT2D eigenvalue weighted by molar-refractivity contribution is 7.92. The first-order chi connectivity index (χ1) is 17.5. The molecule has 0 fully saturated rings. The smallest absolute Gasteiger partial charge is 0.253 e. The number of amides is 2. The van der Waals surface area contributed by atoms with Crippen molar-refractivity contribution < 1.29 is 22.7 Å². The van der Waals surface area contributed by atoms with Crippen molar-refractivity contribution in [1.82, 2.24) is 9.88 Å². The van der Waals surface area contributed by atoms with E-state index in [1.165, 1.54) is 23.2 Å². The lowest BCUT2D eigenvalue weighted by atomic mass is 10.0. The molecule has 1 aromatic heterocycles. The van der Waals surface area contributed by atoms with Gasteiger partial charge in [-0.1, -0.05) is 18.2 Å². The van der Waals surface area contributed by atoms with Gasteiger partial charge < -0.3 is 20.7 Å². The second-order valence-corrected chi connectivity index (χ2v) is 11.2. The van der Waals surface area contributed by atoms with Crippen LogP contribution in [0.25, 0.3) is 11.6 Å². The van der Waals surface area contributed by atoms with Crippen molar-refractivity contribution in [2.24, 2.45) is 5.73 Å². The van der Waals surface area contributed by atoms with E-state index in [1.807, 2.05) is 6.92 Å². The number of ether oxygens (including phenoxy) is 1. The Kier molecular flexibility index (Phi) is 7.04. The average Bonchev–Trinajstić information content (AvgIpc) is 2.88. The zero-order valence-corrected chi connectivity index (χ0v) is 21.8. The Morgan fingerprint density at radius 3 is 2.54 bits per heavy atom. The number of benzene rings is 2. The van der Waals surface area contributed by atoms with Gasteiger partial charge in [0, 0.05) is 42.8 Å². The van der Waals surface area contributed by atoms with E-state index in [-0.39, 0.29) is 28.4 Å². The van der Waals surface area contributed by atoms with Gasteiger partial charge in [0.25, 0.3) is 11.8 Å². The predicted octanol–water partition coefficient (Wildman–Crippen LogP) is 1.83. The van der Waals surface area contributed by atoms with Gasteiger partial charge in [-0.2, -0.15) is 0 Å². The fraction of sp³-hybridized carbons (Fsp3) is 0.222. The summed E-state index contributed by atoms with van der Waals surface area (Å²) in [7, 11) is 0.865. The normalized spacial score (nSPS) is 14.8. The second kappa shape index (κ2) is 10.1. The van der Waals surface area contributed by atoms with Gasteiger partial charge >= 0.3 is 0 Å². The standard InChI is InChI=1S/C27H28N4O5S/c1-16-11-21(37(34,35)20-10-5-7-17(12-20)27(33)31(2)3)14-22-24(16)29-15-23(26(28)32)25(22)30-18-8-6-9-19(13-18)36-4/h5-10,12-15,21,30H,11H2,1-4H3,(H2,28,32). The Morgan fingerprint density at radius 2 is 1.86 bits per heavy atom. The Labute approximate surface area is 215 Å². The van der Waals surface area contributed by atoms with Crippen LogP contribution in [-0.2, 0) is 9.84 Å². The number of aromatic nitrogens is 1. The number of methoxy groups -OCH3 is 1. The third kappa shape index (κ3) is 5.05. The van der Waals surface area contributed by atoms with Crippen LogP contribution >= 0.6 is 0 Å². The number of nitrogens with two attached hydrogens (primary N) is 1. The lowest BCUT2D eigenvalue weighted by Gasteiger charge is -2.21. The molecule has 10 heteroatoms. The van der Waals surface area contributed by atoms with Crippen molar-refractivity contribution >= 4 is 44.7 Å². The number of hydrogen-bond donors (Lipinski definition) is 2. The van der Waals surface area contributed by atoms with Crippen molar-refractivity contribution in [2.75, 3.05) is 26.5 Å². The number of carbonyl (C=O) groups is 2. The summed E-state index contributed by atoms with van der Waals surface area (Å²) >= 11 is 0. The molecule has 0 aliphatic heterocycles. The van der Waals surface area contributed by atoms with Gasteiger partial charge in [0.15, 0.2) is 9.84 Å². The number of pyridine rings is 1. The molecule has 0 saturated carbocycles. The third-order valence-electron chi connectivity index (χ3n) is 6.20. The molecule has 9 nitrogen and oxygen atoms in total. The largest absolute Gasteiger partial charge is 0.497 e. The molecule has 1 aliphatic rings. The summed E-state index contributed by atoms with van der Waals surface area (Å²) in [6, 6.07) is 13.1. The summed E-state index contributed by atoms with van der Waals surface area (Å²) in [5.41, 5.74) is 7.80. The Hall–Kier alpha value is -4.18. The minimum atomic E-state index is -3.89. The maximum Gasteiger partial charge on any atom is 0.253 e. The number of anilines is 2. The van der Waals surface area contributed by atoms with Crippen molar-refractivity contribution in [3.05, 3.63) is 76.4 Å². The monoisotopic (exact) mass is 520 g/mol. The van der Waals surface area contributed by atoms with Crippen molar-refractivity contribution in [2.45, 2.75) is 23.5 Å². The number of primary amides is 1. The number of sulfone groups is 1. The Morgan fingerprint density at radius 1 is 1.14 bits per heavy atom. The number of carbonyl (C=O) groups excluding carboxylic acids is 2. The summed E-state index contributed by atoms with van der Waals surface area (Å²) in [4.78, 5) is 30.6. The molecular weight excluding hydrogens is 492 g/mol. The predicted molar refractivity (Wildman–Crippen MR) is 142 cm³/mol. The van der Waals surface area contributed by atoms with Crippen LogP contribution in [0.1, 0.15) is 34.1 Å². The lowest BCUT2D eigenvalue weighted by Crippen LogP contribution is -2.41. The van der Waals surface area contributed by atoms with Crippen LogP contribution in [0.5, 0.6) is 5.75 Å². The van der Waals surface area contributed by atoms with Crippen LogP contribution < -0.4 is 26.4 Å². The van der Waals surface area contributed by atoms with E-state index in [1.54, 1.807) is 63.7 Å². The maximum atomic E-state index is 13.7. The van der Waals surface area contributed by atoms with E-state index >= 15 is 0 Å². The third-order valence-corrected chi connectivity index (χ3v) is 8.21. The van der Waals surface area contributed by atoms with Gasteiger partial charge in [-0.3, -0.25) is 14.6 Å². The summed E-state index contributed by atoms with van der Waals surface area (Å²) < 4.78 is 32.8. The van der Waals surface area contributed by atoms with Gasteiger partial charge in [0.05, 0.1) is 33.9 Å². The van der Waals surface area contributed by atoms with Crippen molar-refractivity contribution in [3.8, 4) is 5.75 Å². The highest BCUT2D eigenvalue weighted by Gasteiger charge is 2.30. The van der Waals surface area contributed by atoms with Crippen LogP contribution in [0.15, 0.2) is 59.6 Å². The van der Waals surface area contributed by atoms with Gasteiger partial charge in [0.2, 0.25) is 0 Å². The van der Waals surface area contributed by atoms with Crippen molar-refractivity contribution in [3.63, 3.8) is 0 Å². The molecule has 0 spiro atoms. The molecule has 0 bridgehead atoms. The lowest BCUT2D eigenvalue weighted by molar-refractivity contribution is 0.0827. The van der Waals surface area contributed by atoms with Crippen LogP contribution in [0.3, 0.4) is 0 Å². The maximum absolute atomic E-state index is 13.7. The van der Waals surface area contributed by atoms with Crippen LogP contribution in [0.4, 0.5) is 11.4 Å². The molecule has 1 unspecified atom stereocenters. The van der Waals surface area contributed by atoms with Gasteiger partial charge in [-0.15, -0.1) is 0 Å². The Bertz CT molecular complexity index is 1630. The topological polar surface area (TPSA) is 132 Å². The molecule has 0 saturated heterocycles. The zero-order chi connectivity index (χ0) is 26.9. The molecule has 37 heavy (non-hydrogen) atoms. The van der Waals surface area contributed by atoms with E-state index in [9.17, 15) is 18.0 Å². The van der Waals surface area contributed by atoms with Crippen LogP contribution in [-0.4, -0.2) is 56.6 Å². The van der Waals surface area contributed by atoms with E-state index in [4.69, 9.17) is 10.5 Å². The van der Waals surface area contributed by atoms with Gasteiger partial charge in [-0.05, 0) is 49.2 Å². The molecule has 2 amide bonds. The summed E-state index contributed by atoms with van der Waals surface area (Å²) in [6.07, 6.45) is 3.20. The first-order valence-corrected chi connectivity index (χ1v) is 13.0. The molecule has 3 N–H and O–H groups in total. The molecule has 0 radical (unpaired) electrons. The van der Waals surface area contributed by atoms with Crippen molar-refractivity contribution in [1.29, 1.82) is 0 Å². The number of rotatable bonds is 7. The van der Waals surface area contributed by atoms with E-state index in [2.05, 4.69) is 10.3 Å². The SMILES string of the molecule is COc1cccc(Nc2c(C(N)=O)cnc3c2=CC(S(=O)(=O)c2cccc(C(=O)N(C)C)c2)CC=3C)c1. The second-order valence-electron chi connectivity index (χ2n) is 8.99. The number of fused-ring (bicyclic) bond motifs is 1. The van der Waals surface area contributed by atoms with Gasteiger partial charge in [-0.25, -0.2) is 8.42 Å².